The van der Waals surface area contributed by atoms with E-state index in [1.165, 1.54) is 6.92 Å². The molecule has 194 valence electrons. The SMILES string of the molecule is CC[C@H]1O[C@H](OC2[C@@H](C)C[C@@H](N)[C@H](O[C@H]3OC[C@](C)(O)[C@H](NC)[C@H]3O)[C@H]2O)[C@H](O)[C@@H](O)[C@@H]1O. The van der Waals surface area contributed by atoms with Crippen molar-refractivity contribution in [1.29, 1.82) is 0 Å². The van der Waals surface area contributed by atoms with E-state index in [-0.39, 0.29) is 12.5 Å². The van der Waals surface area contributed by atoms with E-state index in [0.717, 1.165) is 0 Å². The predicted octanol–water partition coefficient (Wildman–Crippen LogP) is -3.24. The first-order valence-corrected chi connectivity index (χ1v) is 11.6. The maximum atomic E-state index is 11.1. The Kier molecular flexibility index (Phi) is 8.75. The number of hydrogen-bond acceptors (Lipinski definition) is 12. The number of aliphatic hydroxyl groups excluding tert-OH is 5. The topological polar surface area (TPSA) is 196 Å². The van der Waals surface area contributed by atoms with Crippen LogP contribution in [0.25, 0.3) is 0 Å². The molecule has 9 N–H and O–H groups in total. The minimum atomic E-state index is -1.51. The smallest absolute Gasteiger partial charge is 0.186 e. The van der Waals surface area contributed by atoms with Crippen molar-refractivity contribution >= 4 is 0 Å². The Morgan fingerprint density at radius 3 is 2.21 bits per heavy atom. The highest BCUT2D eigenvalue weighted by atomic mass is 16.7. The highest BCUT2D eigenvalue weighted by Gasteiger charge is 2.51. The van der Waals surface area contributed by atoms with Gasteiger partial charge in [-0.25, -0.2) is 0 Å². The molecule has 0 radical (unpaired) electrons. The van der Waals surface area contributed by atoms with Gasteiger partial charge in [0.05, 0.1) is 24.9 Å². The van der Waals surface area contributed by atoms with Crippen LogP contribution in [0.4, 0.5) is 0 Å². The summed E-state index contributed by atoms with van der Waals surface area (Å²) in [7, 11) is 1.60. The predicted molar refractivity (Wildman–Crippen MR) is 114 cm³/mol. The third-order valence-corrected chi connectivity index (χ3v) is 7.09. The van der Waals surface area contributed by atoms with Crippen LogP contribution in [-0.4, -0.2) is 123 Å². The third kappa shape index (κ3) is 5.37. The molecule has 3 rings (SSSR count). The van der Waals surface area contributed by atoms with E-state index in [2.05, 4.69) is 5.32 Å². The Hall–Kier alpha value is -0.480. The summed E-state index contributed by atoms with van der Waals surface area (Å²) in [4.78, 5) is 0. The average molecular weight is 481 g/mol. The Morgan fingerprint density at radius 1 is 0.970 bits per heavy atom. The zero-order chi connectivity index (χ0) is 24.7. The quantitative estimate of drug-likeness (QED) is 0.189. The number of nitrogens with two attached hydrogens (primary N) is 1. The van der Waals surface area contributed by atoms with Gasteiger partial charge in [-0.1, -0.05) is 13.8 Å². The van der Waals surface area contributed by atoms with Crippen LogP contribution in [0.1, 0.15) is 33.6 Å². The summed E-state index contributed by atoms with van der Waals surface area (Å²) in [5.41, 5.74) is 4.93. The van der Waals surface area contributed by atoms with Crippen molar-refractivity contribution in [3.05, 3.63) is 0 Å². The first-order chi connectivity index (χ1) is 15.4. The van der Waals surface area contributed by atoms with E-state index in [1.54, 1.807) is 14.0 Å². The fraction of sp³-hybridized carbons (Fsp3) is 1.00. The minimum absolute atomic E-state index is 0.102. The molecule has 0 spiro atoms. The van der Waals surface area contributed by atoms with Crippen LogP contribution in [0.5, 0.6) is 0 Å². The van der Waals surface area contributed by atoms with Gasteiger partial charge < -0.3 is 60.6 Å². The monoisotopic (exact) mass is 480 g/mol. The zero-order valence-corrected chi connectivity index (χ0v) is 19.5. The molecule has 0 aromatic rings. The molecular formula is C21H40N2O10. The summed E-state index contributed by atoms with van der Waals surface area (Å²) in [6, 6.07) is -1.34. The van der Waals surface area contributed by atoms with Crippen molar-refractivity contribution < 1.29 is 49.6 Å². The first kappa shape index (κ1) is 27.1. The summed E-state index contributed by atoms with van der Waals surface area (Å²) in [5, 5.41) is 65.6. The van der Waals surface area contributed by atoms with E-state index < -0.39 is 79.1 Å². The van der Waals surface area contributed by atoms with Crippen LogP contribution >= 0.6 is 0 Å². The second-order valence-electron chi connectivity index (χ2n) is 9.79. The van der Waals surface area contributed by atoms with Gasteiger partial charge in [-0.15, -0.1) is 0 Å². The Bertz CT molecular complexity index is 640. The van der Waals surface area contributed by atoms with Gasteiger partial charge in [-0.05, 0) is 32.7 Å². The maximum Gasteiger partial charge on any atom is 0.186 e. The molecule has 2 heterocycles. The van der Waals surface area contributed by atoms with E-state index >= 15 is 0 Å². The van der Waals surface area contributed by atoms with Crippen molar-refractivity contribution in [2.24, 2.45) is 11.7 Å². The van der Waals surface area contributed by atoms with Crippen LogP contribution < -0.4 is 11.1 Å². The molecule has 3 fully saturated rings. The lowest BCUT2D eigenvalue weighted by molar-refractivity contribution is -0.334. The Labute approximate surface area is 193 Å². The molecule has 14 atom stereocenters. The van der Waals surface area contributed by atoms with Gasteiger partial charge >= 0.3 is 0 Å². The summed E-state index contributed by atoms with van der Waals surface area (Å²) in [6.45, 7) is 5.02. The summed E-state index contributed by atoms with van der Waals surface area (Å²) >= 11 is 0. The van der Waals surface area contributed by atoms with Gasteiger partial charge in [0.15, 0.2) is 12.6 Å². The van der Waals surface area contributed by atoms with Crippen LogP contribution in [0.15, 0.2) is 0 Å². The number of likely N-dealkylation sites (N-methyl/N-ethyl adjacent to an activating group) is 1. The molecule has 1 unspecified atom stereocenters. The lowest BCUT2D eigenvalue weighted by atomic mass is 9.80. The summed E-state index contributed by atoms with van der Waals surface area (Å²) in [6.07, 6.45) is -11.0. The first-order valence-electron chi connectivity index (χ1n) is 11.6. The van der Waals surface area contributed by atoms with Crippen molar-refractivity contribution in [3.8, 4) is 0 Å². The zero-order valence-electron chi connectivity index (χ0n) is 19.5. The molecule has 0 bridgehead atoms. The maximum absolute atomic E-state index is 11.1. The molecule has 12 nitrogen and oxygen atoms in total. The van der Waals surface area contributed by atoms with Gasteiger partial charge in [0.25, 0.3) is 0 Å². The van der Waals surface area contributed by atoms with Crippen molar-refractivity contribution in [3.63, 3.8) is 0 Å². The van der Waals surface area contributed by atoms with Gasteiger partial charge in [0.2, 0.25) is 0 Å². The number of nitrogens with one attached hydrogen (secondary N) is 1. The molecule has 2 saturated heterocycles. The second kappa shape index (κ2) is 10.6. The van der Waals surface area contributed by atoms with Gasteiger partial charge in [0, 0.05) is 6.04 Å². The third-order valence-electron chi connectivity index (χ3n) is 7.09. The van der Waals surface area contributed by atoms with E-state index in [9.17, 15) is 30.6 Å². The molecule has 0 amide bonds. The molecule has 1 aliphatic carbocycles. The van der Waals surface area contributed by atoms with Crippen LogP contribution in [0.3, 0.4) is 0 Å². The lowest BCUT2D eigenvalue weighted by Gasteiger charge is -2.49. The lowest BCUT2D eigenvalue weighted by Crippen LogP contribution is -2.67. The molecule has 1 saturated carbocycles. The number of aliphatic hydroxyl groups is 6. The molecule has 2 aliphatic heterocycles. The molecule has 0 aromatic heterocycles. The van der Waals surface area contributed by atoms with Crippen molar-refractivity contribution in [2.75, 3.05) is 13.7 Å². The molecule has 3 aliphatic rings. The highest BCUT2D eigenvalue weighted by Crippen LogP contribution is 2.34. The number of ether oxygens (including phenoxy) is 4. The van der Waals surface area contributed by atoms with Gasteiger partial charge in [0.1, 0.15) is 42.2 Å². The Morgan fingerprint density at radius 2 is 1.61 bits per heavy atom. The molecule has 0 aromatic carbocycles. The van der Waals surface area contributed by atoms with E-state index in [0.29, 0.717) is 12.8 Å². The number of hydrogen-bond donors (Lipinski definition) is 8. The van der Waals surface area contributed by atoms with Crippen molar-refractivity contribution in [2.45, 2.75) is 113 Å². The van der Waals surface area contributed by atoms with Crippen LogP contribution in [-0.2, 0) is 18.9 Å². The fourth-order valence-electron chi connectivity index (χ4n) is 5.11. The fourth-order valence-corrected chi connectivity index (χ4v) is 5.11. The molecule has 33 heavy (non-hydrogen) atoms. The Balaban J connectivity index is 1.71. The molecule has 12 heteroatoms. The number of rotatable bonds is 6. The minimum Gasteiger partial charge on any atom is -0.388 e. The normalized spacial score (nSPS) is 53.7. The largest absolute Gasteiger partial charge is 0.388 e. The summed E-state index contributed by atoms with van der Waals surface area (Å²) < 4.78 is 23.0. The van der Waals surface area contributed by atoms with Crippen LogP contribution in [0, 0.1) is 5.92 Å². The van der Waals surface area contributed by atoms with E-state index in [4.69, 9.17) is 24.7 Å². The van der Waals surface area contributed by atoms with Crippen molar-refractivity contribution in [1.82, 2.24) is 5.32 Å². The van der Waals surface area contributed by atoms with Gasteiger partial charge in [-0.3, -0.25) is 0 Å². The standard InChI is InChI=1S/C21H40N2O10/c1-5-10-11(24)12(25)13(26)20(31-10)32-16-8(2)6-9(22)17(14(16)27)33-19-15(28)18(23-4)21(3,29)7-30-19/h8-20,23-29H,5-7,22H2,1-4H3/t8-,9+,10+,11+,12-,13+,14-,15+,16?,17-,18+,19+,20+,21-/m0/s1. The summed E-state index contributed by atoms with van der Waals surface area (Å²) in [5.74, 6) is -0.252. The average Bonchev–Trinajstić information content (AvgIpc) is 2.75. The van der Waals surface area contributed by atoms with Gasteiger partial charge in [-0.2, -0.15) is 0 Å². The van der Waals surface area contributed by atoms with E-state index in [1.807, 2.05) is 6.92 Å². The molecular weight excluding hydrogens is 440 g/mol. The highest BCUT2D eigenvalue weighted by molar-refractivity contribution is 5.00. The van der Waals surface area contributed by atoms with Crippen LogP contribution in [0.2, 0.25) is 0 Å². The second-order valence-corrected chi connectivity index (χ2v) is 9.79.